The van der Waals surface area contributed by atoms with E-state index in [1.807, 2.05) is 30.3 Å². The van der Waals surface area contributed by atoms with Gasteiger partial charge in [0.2, 0.25) is 5.91 Å². The molecule has 0 spiro atoms. The quantitative estimate of drug-likeness (QED) is 0.884. The molecule has 86 valence electrons. The molecule has 1 fully saturated rings. The Labute approximate surface area is 101 Å². The van der Waals surface area contributed by atoms with Crippen LogP contribution in [0.5, 0.6) is 0 Å². The van der Waals surface area contributed by atoms with Crippen molar-refractivity contribution >= 4 is 33.9 Å². The predicted molar refractivity (Wildman–Crippen MR) is 64.8 cm³/mol. The lowest BCUT2D eigenvalue weighted by Crippen LogP contribution is -2.25. The number of amides is 2. The van der Waals surface area contributed by atoms with Crippen molar-refractivity contribution in [1.82, 2.24) is 5.32 Å². The number of para-hydroxylation sites is 1. The molecule has 1 aromatic carbocycles. The van der Waals surface area contributed by atoms with E-state index in [1.165, 1.54) is 0 Å². The van der Waals surface area contributed by atoms with E-state index < -0.39 is 0 Å². The van der Waals surface area contributed by atoms with Crippen LogP contribution in [0.4, 0.5) is 4.79 Å². The maximum Gasteiger partial charge on any atom is 0.286 e. The first-order chi connectivity index (χ1) is 8.22. The van der Waals surface area contributed by atoms with Gasteiger partial charge in [0.15, 0.2) is 0 Å². The fraction of sp³-hybridized carbons (Fsp3) is 0.167. The maximum atomic E-state index is 11.4. The standard InChI is InChI=1S/C12H9NO3S/c14-11-10(17-12(15)13-11)6-8-5-7-3-1-2-4-9(7)16-8/h1-5,10H,6H2,(H,13,14,15). The minimum absolute atomic E-state index is 0.236. The first-order valence-electron chi connectivity index (χ1n) is 5.21. The number of imide groups is 1. The third-order valence-corrected chi connectivity index (χ3v) is 3.61. The average molecular weight is 247 g/mol. The Balaban J connectivity index is 1.85. The van der Waals surface area contributed by atoms with Crippen LogP contribution in [0.2, 0.25) is 0 Å². The normalized spacial score (nSPS) is 19.9. The van der Waals surface area contributed by atoms with Gasteiger partial charge in [-0.3, -0.25) is 14.9 Å². The molecule has 2 heterocycles. The molecular formula is C12H9NO3S. The number of hydrogen-bond acceptors (Lipinski definition) is 4. The first kappa shape index (κ1) is 10.4. The second-order valence-electron chi connectivity index (χ2n) is 3.84. The fourth-order valence-corrected chi connectivity index (χ4v) is 2.68. The summed E-state index contributed by atoms with van der Waals surface area (Å²) in [5, 5.41) is 2.62. The molecule has 0 saturated carbocycles. The van der Waals surface area contributed by atoms with Gasteiger partial charge in [-0.1, -0.05) is 30.0 Å². The second-order valence-corrected chi connectivity index (χ2v) is 5.01. The highest BCUT2D eigenvalue weighted by atomic mass is 32.2. The zero-order valence-electron chi connectivity index (χ0n) is 8.80. The van der Waals surface area contributed by atoms with E-state index in [1.54, 1.807) is 0 Å². The van der Waals surface area contributed by atoms with Gasteiger partial charge in [-0.15, -0.1) is 0 Å². The molecule has 1 aliphatic heterocycles. The van der Waals surface area contributed by atoms with Crippen molar-refractivity contribution in [2.75, 3.05) is 0 Å². The van der Waals surface area contributed by atoms with Crippen LogP contribution in [0.3, 0.4) is 0 Å². The highest BCUT2D eigenvalue weighted by Crippen LogP contribution is 2.26. The van der Waals surface area contributed by atoms with E-state index in [-0.39, 0.29) is 16.4 Å². The average Bonchev–Trinajstić information content (AvgIpc) is 2.82. The topological polar surface area (TPSA) is 59.3 Å². The molecule has 1 N–H and O–H groups in total. The molecule has 0 radical (unpaired) electrons. The molecule has 17 heavy (non-hydrogen) atoms. The lowest BCUT2D eigenvalue weighted by molar-refractivity contribution is -0.119. The highest BCUT2D eigenvalue weighted by Gasteiger charge is 2.32. The van der Waals surface area contributed by atoms with Crippen molar-refractivity contribution in [3.63, 3.8) is 0 Å². The second kappa shape index (κ2) is 3.92. The Morgan fingerprint density at radius 2 is 2.12 bits per heavy atom. The maximum absolute atomic E-state index is 11.4. The molecule has 2 aromatic rings. The number of fused-ring (bicyclic) bond motifs is 1. The molecule has 5 heteroatoms. The van der Waals surface area contributed by atoms with E-state index >= 15 is 0 Å². The van der Waals surface area contributed by atoms with Gasteiger partial charge in [0.25, 0.3) is 5.24 Å². The molecule has 1 aliphatic rings. The minimum atomic E-state index is -0.372. The van der Waals surface area contributed by atoms with Gasteiger partial charge in [-0.05, 0) is 12.1 Å². The Hall–Kier alpha value is -1.75. The lowest BCUT2D eigenvalue weighted by Gasteiger charge is -2.00. The number of carbonyl (C=O) groups excluding carboxylic acids is 2. The molecule has 3 rings (SSSR count). The number of thioether (sulfide) groups is 1. The molecule has 4 nitrogen and oxygen atoms in total. The number of rotatable bonds is 2. The smallest absolute Gasteiger partial charge is 0.286 e. The Morgan fingerprint density at radius 1 is 1.29 bits per heavy atom. The van der Waals surface area contributed by atoms with Crippen LogP contribution >= 0.6 is 11.8 Å². The van der Waals surface area contributed by atoms with Crippen molar-refractivity contribution < 1.29 is 14.0 Å². The van der Waals surface area contributed by atoms with Crippen molar-refractivity contribution in [2.45, 2.75) is 11.7 Å². The summed E-state index contributed by atoms with van der Waals surface area (Å²) < 4.78 is 5.61. The molecule has 2 amide bonds. The van der Waals surface area contributed by atoms with Gasteiger partial charge < -0.3 is 4.42 Å². The van der Waals surface area contributed by atoms with Gasteiger partial charge in [-0.25, -0.2) is 0 Å². The summed E-state index contributed by atoms with van der Waals surface area (Å²) in [6.45, 7) is 0. The van der Waals surface area contributed by atoms with E-state index in [2.05, 4.69) is 5.32 Å². The number of nitrogens with one attached hydrogen (secondary N) is 1. The summed E-state index contributed by atoms with van der Waals surface area (Å²) in [5.41, 5.74) is 0.803. The summed E-state index contributed by atoms with van der Waals surface area (Å²) in [4.78, 5) is 22.4. The van der Waals surface area contributed by atoms with Crippen molar-refractivity contribution in [3.05, 3.63) is 36.1 Å². The van der Waals surface area contributed by atoms with E-state index in [4.69, 9.17) is 4.42 Å². The number of hydrogen-bond donors (Lipinski definition) is 1. The molecule has 0 bridgehead atoms. The summed E-state index contributed by atoms with van der Waals surface area (Å²) in [6.07, 6.45) is 0.441. The molecule has 1 aromatic heterocycles. The number of benzene rings is 1. The fourth-order valence-electron chi connectivity index (χ4n) is 1.85. The third-order valence-electron chi connectivity index (χ3n) is 2.63. The summed E-state index contributed by atoms with van der Waals surface area (Å²) >= 11 is 1.02. The van der Waals surface area contributed by atoms with Crippen LogP contribution in [0, 0.1) is 0 Å². The monoisotopic (exact) mass is 247 g/mol. The van der Waals surface area contributed by atoms with Crippen LogP contribution < -0.4 is 5.32 Å². The molecule has 1 unspecified atom stereocenters. The Morgan fingerprint density at radius 3 is 2.82 bits per heavy atom. The van der Waals surface area contributed by atoms with Gasteiger partial charge >= 0.3 is 0 Å². The molecule has 0 aliphatic carbocycles. The first-order valence-corrected chi connectivity index (χ1v) is 6.09. The van der Waals surface area contributed by atoms with Crippen LogP contribution in [-0.2, 0) is 11.2 Å². The van der Waals surface area contributed by atoms with Crippen LogP contribution in [0.15, 0.2) is 34.7 Å². The third kappa shape index (κ3) is 1.93. The van der Waals surface area contributed by atoms with E-state index in [0.717, 1.165) is 28.5 Å². The largest absolute Gasteiger partial charge is 0.461 e. The van der Waals surface area contributed by atoms with Crippen LogP contribution in [-0.4, -0.2) is 16.4 Å². The lowest BCUT2D eigenvalue weighted by atomic mass is 10.2. The van der Waals surface area contributed by atoms with Crippen molar-refractivity contribution in [2.24, 2.45) is 0 Å². The highest BCUT2D eigenvalue weighted by molar-refractivity contribution is 8.15. The number of furan rings is 1. The van der Waals surface area contributed by atoms with Gasteiger partial charge in [0, 0.05) is 11.8 Å². The Bertz CT molecular complexity index is 572. The summed E-state index contributed by atoms with van der Waals surface area (Å²) in [5.74, 6) is 0.494. The molecule has 1 atom stereocenters. The van der Waals surface area contributed by atoms with Crippen LogP contribution in [0.25, 0.3) is 11.0 Å². The van der Waals surface area contributed by atoms with Crippen molar-refractivity contribution in [3.8, 4) is 0 Å². The molecular weight excluding hydrogens is 238 g/mol. The summed E-state index contributed by atoms with van der Waals surface area (Å²) in [6, 6.07) is 9.57. The van der Waals surface area contributed by atoms with E-state index in [0.29, 0.717) is 6.42 Å². The molecule has 1 saturated heterocycles. The minimum Gasteiger partial charge on any atom is -0.461 e. The zero-order valence-corrected chi connectivity index (χ0v) is 9.62. The SMILES string of the molecule is O=C1NC(=O)C(Cc2cc3ccccc3o2)S1. The van der Waals surface area contributed by atoms with Crippen LogP contribution in [0.1, 0.15) is 5.76 Å². The van der Waals surface area contributed by atoms with Crippen molar-refractivity contribution in [1.29, 1.82) is 0 Å². The number of carbonyl (C=O) groups is 2. The zero-order chi connectivity index (χ0) is 11.8. The summed E-state index contributed by atoms with van der Waals surface area (Å²) in [7, 11) is 0. The van der Waals surface area contributed by atoms with Gasteiger partial charge in [-0.2, -0.15) is 0 Å². The Kier molecular flexibility index (Phi) is 2.40. The van der Waals surface area contributed by atoms with E-state index in [9.17, 15) is 9.59 Å². The van der Waals surface area contributed by atoms with Gasteiger partial charge in [0.05, 0.1) is 0 Å². The predicted octanol–water partition coefficient (Wildman–Crippen LogP) is 2.33. The van der Waals surface area contributed by atoms with Gasteiger partial charge in [0.1, 0.15) is 16.6 Å².